The molecule has 0 amide bonds. The van der Waals surface area contributed by atoms with Crippen LogP contribution in [0.5, 0.6) is 0 Å². The van der Waals surface area contributed by atoms with E-state index >= 15 is 0 Å². The summed E-state index contributed by atoms with van der Waals surface area (Å²) in [5, 5.41) is 17.1. The molecule has 2 N–H and O–H groups in total. The van der Waals surface area contributed by atoms with Crippen LogP contribution in [-0.4, -0.2) is 10.2 Å². The van der Waals surface area contributed by atoms with Crippen LogP contribution in [0.15, 0.2) is 24.2 Å². The summed E-state index contributed by atoms with van der Waals surface area (Å²) in [4.78, 5) is 0. The fourth-order valence-corrected chi connectivity index (χ4v) is 0.294. The van der Waals surface area contributed by atoms with Gasteiger partial charge in [-0.05, 0) is 0 Å². The Morgan fingerprint density at radius 2 is 2.12 bits per heavy atom. The van der Waals surface area contributed by atoms with Crippen molar-refractivity contribution >= 4 is 0 Å². The highest BCUT2D eigenvalue weighted by atomic mass is 16.3. The molecular weight excluding hydrogens is 104 g/mol. The summed E-state index contributed by atoms with van der Waals surface area (Å²) in [6.07, 6.45) is 1.75. The van der Waals surface area contributed by atoms with Crippen LogP contribution in [0.1, 0.15) is 13.3 Å². The van der Waals surface area contributed by atoms with Gasteiger partial charge in [0.05, 0.1) is 5.76 Å². The number of hydrogen-bond acceptors (Lipinski definition) is 2. The molecule has 0 saturated carbocycles. The van der Waals surface area contributed by atoms with Crippen LogP contribution >= 0.6 is 0 Å². The highest BCUT2D eigenvalue weighted by Gasteiger charge is 1.85. The Kier molecular flexibility index (Phi) is 2.77. The van der Waals surface area contributed by atoms with Crippen molar-refractivity contribution in [2.45, 2.75) is 13.3 Å². The third-order valence-corrected chi connectivity index (χ3v) is 0.695. The first-order valence-electron chi connectivity index (χ1n) is 2.44. The summed E-state index contributed by atoms with van der Waals surface area (Å²) in [5.74, 6) is 0.0434. The SMILES string of the molecule is C=C(O)/C=C(\O)CC. The molecule has 0 fully saturated rings. The van der Waals surface area contributed by atoms with Crippen molar-refractivity contribution < 1.29 is 10.2 Å². The van der Waals surface area contributed by atoms with Crippen LogP contribution in [0.4, 0.5) is 0 Å². The quantitative estimate of drug-likeness (QED) is 0.425. The molecule has 2 nitrogen and oxygen atoms in total. The van der Waals surface area contributed by atoms with Crippen molar-refractivity contribution in [2.75, 3.05) is 0 Å². The molecule has 0 aromatic heterocycles. The average molecular weight is 114 g/mol. The van der Waals surface area contributed by atoms with Gasteiger partial charge in [0.2, 0.25) is 0 Å². The molecule has 0 atom stereocenters. The van der Waals surface area contributed by atoms with Crippen molar-refractivity contribution in [3.8, 4) is 0 Å². The fraction of sp³-hybridized carbons (Fsp3) is 0.333. The van der Waals surface area contributed by atoms with Gasteiger partial charge >= 0.3 is 0 Å². The molecule has 0 radical (unpaired) electrons. The van der Waals surface area contributed by atoms with Crippen LogP contribution in [0.25, 0.3) is 0 Å². The lowest BCUT2D eigenvalue weighted by molar-refractivity contribution is 0.380. The molecular formula is C6H10O2. The second kappa shape index (κ2) is 3.13. The van der Waals surface area contributed by atoms with Crippen LogP contribution in [0, 0.1) is 0 Å². The summed E-state index contributed by atoms with van der Waals surface area (Å²) in [5.41, 5.74) is 0. The Morgan fingerprint density at radius 3 is 2.25 bits per heavy atom. The fourth-order valence-electron chi connectivity index (χ4n) is 0.294. The molecule has 0 unspecified atom stereocenters. The maximum absolute atomic E-state index is 8.67. The minimum absolute atomic E-state index is 0.107. The van der Waals surface area contributed by atoms with Crippen LogP contribution in [0.3, 0.4) is 0 Å². The zero-order chi connectivity index (χ0) is 6.57. The van der Waals surface area contributed by atoms with Gasteiger partial charge in [-0.15, -0.1) is 0 Å². The van der Waals surface area contributed by atoms with Gasteiger partial charge < -0.3 is 10.2 Å². The Morgan fingerprint density at radius 1 is 1.62 bits per heavy atom. The topological polar surface area (TPSA) is 40.5 Å². The predicted molar refractivity (Wildman–Crippen MR) is 32.8 cm³/mol. The maximum Gasteiger partial charge on any atom is 0.111 e. The minimum Gasteiger partial charge on any atom is -0.512 e. The number of aliphatic hydroxyl groups is 2. The number of rotatable bonds is 2. The molecule has 46 valence electrons. The molecule has 0 aliphatic heterocycles. The highest BCUT2D eigenvalue weighted by Crippen LogP contribution is 1.96. The normalized spacial score (nSPS) is 11.4. The number of aliphatic hydroxyl groups excluding tert-OH is 2. The van der Waals surface area contributed by atoms with E-state index in [9.17, 15) is 0 Å². The van der Waals surface area contributed by atoms with E-state index in [0.29, 0.717) is 6.42 Å². The first-order valence-corrected chi connectivity index (χ1v) is 2.44. The molecule has 0 rings (SSSR count). The lowest BCUT2D eigenvalue weighted by Crippen LogP contribution is -1.77. The second-order valence-corrected chi connectivity index (χ2v) is 1.48. The van der Waals surface area contributed by atoms with Crippen LogP contribution in [-0.2, 0) is 0 Å². The van der Waals surface area contributed by atoms with Crippen molar-refractivity contribution in [3.05, 3.63) is 24.2 Å². The third kappa shape index (κ3) is 3.28. The van der Waals surface area contributed by atoms with Gasteiger partial charge in [0.1, 0.15) is 5.76 Å². The first-order chi connectivity index (χ1) is 3.66. The van der Waals surface area contributed by atoms with E-state index in [1.165, 1.54) is 6.08 Å². The Hall–Kier alpha value is -0.920. The summed E-state index contributed by atoms with van der Waals surface area (Å²) >= 11 is 0. The van der Waals surface area contributed by atoms with Crippen LogP contribution in [0.2, 0.25) is 0 Å². The van der Waals surface area contributed by atoms with Crippen molar-refractivity contribution in [1.29, 1.82) is 0 Å². The molecule has 0 aliphatic rings. The Labute approximate surface area is 48.8 Å². The predicted octanol–water partition coefficient (Wildman–Crippen LogP) is 1.91. The smallest absolute Gasteiger partial charge is 0.111 e. The molecule has 0 aliphatic carbocycles. The van der Waals surface area contributed by atoms with E-state index < -0.39 is 0 Å². The van der Waals surface area contributed by atoms with E-state index in [2.05, 4.69) is 6.58 Å². The first kappa shape index (κ1) is 7.08. The van der Waals surface area contributed by atoms with Crippen molar-refractivity contribution in [2.24, 2.45) is 0 Å². The molecule has 0 aromatic carbocycles. The largest absolute Gasteiger partial charge is 0.512 e. The van der Waals surface area contributed by atoms with Crippen LogP contribution < -0.4 is 0 Å². The second-order valence-electron chi connectivity index (χ2n) is 1.48. The van der Waals surface area contributed by atoms with Gasteiger partial charge in [-0.2, -0.15) is 0 Å². The third-order valence-electron chi connectivity index (χ3n) is 0.695. The monoisotopic (exact) mass is 114 g/mol. The molecule has 0 saturated heterocycles. The van der Waals surface area contributed by atoms with Gasteiger partial charge in [0, 0.05) is 12.5 Å². The van der Waals surface area contributed by atoms with Crippen molar-refractivity contribution in [1.82, 2.24) is 0 Å². The molecule has 0 bridgehead atoms. The lowest BCUT2D eigenvalue weighted by atomic mass is 10.3. The summed E-state index contributed by atoms with van der Waals surface area (Å²) in [7, 11) is 0. The number of hydrogen-bond donors (Lipinski definition) is 2. The maximum atomic E-state index is 8.67. The summed E-state index contributed by atoms with van der Waals surface area (Å²) in [6, 6.07) is 0. The Bertz CT molecular complexity index is 114. The van der Waals surface area contributed by atoms with E-state index in [-0.39, 0.29) is 11.5 Å². The Balaban J connectivity index is 3.75. The molecule has 0 spiro atoms. The highest BCUT2D eigenvalue weighted by molar-refractivity contribution is 5.08. The molecule has 0 aromatic rings. The van der Waals surface area contributed by atoms with Gasteiger partial charge in [-0.1, -0.05) is 13.5 Å². The molecule has 2 heteroatoms. The molecule has 0 heterocycles. The summed E-state index contributed by atoms with van der Waals surface area (Å²) < 4.78 is 0. The average Bonchev–Trinajstić information content (AvgIpc) is 1.65. The van der Waals surface area contributed by atoms with E-state index in [4.69, 9.17) is 10.2 Å². The van der Waals surface area contributed by atoms with Gasteiger partial charge in [0.15, 0.2) is 0 Å². The van der Waals surface area contributed by atoms with Gasteiger partial charge in [-0.3, -0.25) is 0 Å². The number of allylic oxidation sites excluding steroid dienone is 2. The van der Waals surface area contributed by atoms with Gasteiger partial charge in [-0.25, -0.2) is 0 Å². The standard InChI is InChI=1S/C6H10O2/c1-3-6(8)4-5(2)7/h4,7-8H,2-3H2,1H3/b6-4-. The summed E-state index contributed by atoms with van der Waals surface area (Å²) in [6.45, 7) is 4.95. The van der Waals surface area contributed by atoms with E-state index in [1.54, 1.807) is 6.92 Å². The van der Waals surface area contributed by atoms with E-state index in [1.807, 2.05) is 0 Å². The lowest BCUT2D eigenvalue weighted by Gasteiger charge is -1.90. The van der Waals surface area contributed by atoms with Crippen molar-refractivity contribution in [3.63, 3.8) is 0 Å². The van der Waals surface area contributed by atoms with Gasteiger partial charge in [0.25, 0.3) is 0 Å². The minimum atomic E-state index is -0.107. The van der Waals surface area contributed by atoms with E-state index in [0.717, 1.165) is 0 Å². The molecule has 8 heavy (non-hydrogen) atoms. The zero-order valence-corrected chi connectivity index (χ0v) is 4.89. The zero-order valence-electron chi connectivity index (χ0n) is 4.89.